The van der Waals surface area contributed by atoms with Crippen LogP contribution in [0, 0.1) is 12.7 Å². The second-order valence-corrected chi connectivity index (χ2v) is 3.70. The quantitative estimate of drug-likeness (QED) is 0.856. The van der Waals surface area contributed by atoms with Gasteiger partial charge in [0.15, 0.2) is 11.5 Å². The number of hydrogen-bond donors (Lipinski definition) is 1. The summed E-state index contributed by atoms with van der Waals surface area (Å²) in [7, 11) is 1.72. The maximum absolute atomic E-state index is 13.5. The Balaban J connectivity index is 2.20. The van der Waals surface area contributed by atoms with Gasteiger partial charge in [-0.05, 0) is 18.6 Å². The maximum Gasteiger partial charge on any atom is 0.277 e. The largest absolute Gasteiger partial charge is 0.318 e. The lowest BCUT2D eigenvalue weighted by atomic mass is 10.2. The highest BCUT2D eigenvalue weighted by atomic mass is 19.1. The summed E-state index contributed by atoms with van der Waals surface area (Å²) in [6, 6.07) is 1.27. The second kappa shape index (κ2) is 4.32. The molecule has 0 saturated heterocycles. The first-order chi connectivity index (χ1) is 8.06. The van der Waals surface area contributed by atoms with Crippen molar-refractivity contribution >= 4 is 11.6 Å². The van der Waals surface area contributed by atoms with E-state index in [4.69, 9.17) is 0 Å². The molecule has 6 heteroatoms. The Kier molecular flexibility index (Phi) is 2.86. The van der Waals surface area contributed by atoms with E-state index < -0.39 is 11.7 Å². The third-order valence-electron chi connectivity index (χ3n) is 2.16. The number of nitrogens with zero attached hydrogens (tertiary/aromatic N) is 3. The molecule has 0 bridgehead atoms. The molecule has 0 aliphatic carbocycles. The number of carbonyl (C=O) groups excluding carboxylic acids is 1. The Hall–Kier alpha value is -2.24. The van der Waals surface area contributed by atoms with Crippen molar-refractivity contribution in [3.63, 3.8) is 0 Å². The zero-order valence-electron chi connectivity index (χ0n) is 9.44. The van der Waals surface area contributed by atoms with Crippen LogP contribution in [0.1, 0.15) is 16.1 Å². The molecule has 2 aromatic heterocycles. The van der Waals surface area contributed by atoms with Gasteiger partial charge in [-0.15, -0.1) is 0 Å². The van der Waals surface area contributed by atoms with Crippen LogP contribution in [0.3, 0.4) is 0 Å². The Morgan fingerprint density at radius 3 is 2.82 bits per heavy atom. The summed E-state index contributed by atoms with van der Waals surface area (Å²) in [6.45, 7) is 1.71. The normalized spacial score (nSPS) is 10.3. The van der Waals surface area contributed by atoms with Crippen molar-refractivity contribution in [2.45, 2.75) is 6.92 Å². The molecule has 2 aromatic rings. The van der Waals surface area contributed by atoms with Crippen LogP contribution in [0.5, 0.6) is 0 Å². The number of anilines is 1. The summed E-state index contributed by atoms with van der Waals surface area (Å²) in [4.78, 5) is 15.5. The maximum atomic E-state index is 13.5. The molecule has 0 atom stereocenters. The fourth-order valence-electron chi connectivity index (χ4n) is 1.38. The first kappa shape index (κ1) is 11.3. The van der Waals surface area contributed by atoms with E-state index in [0.29, 0.717) is 11.3 Å². The molecule has 0 aromatic carbocycles. The van der Waals surface area contributed by atoms with Crippen molar-refractivity contribution in [3.8, 4) is 0 Å². The van der Waals surface area contributed by atoms with Crippen LogP contribution in [0.2, 0.25) is 0 Å². The first-order valence-electron chi connectivity index (χ1n) is 4.98. The Labute approximate surface area is 97.3 Å². The summed E-state index contributed by atoms with van der Waals surface area (Å²) in [5.41, 5.74) is 0.944. The zero-order valence-corrected chi connectivity index (χ0v) is 9.44. The Bertz CT molecular complexity index is 564. The first-order valence-corrected chi connectivity index (χ1v) is 4.98. The molecule has 2 rings (SSSR count). The van der Waals surface area contributed by atoms with Crippen LogP contribution >= 0.6 is 0 Å². The highest BCUT2D eigenvalue weighted by molar-refractivity contribution is 6.02. The number of halogens is 1. The summed E-state index contributed by atoms with van der Waals surface area (Å²) < 4.78 is 15.0. The third-order valence-corrected chi connectivity index (χ3v) is 2.16. The summed E-state index contributed by atoms with van der Waals surface area (Å²) >= 11 is 0. The molecule has 17 heavy (non-hydrogen) atoms. The number of hydrogen-bond acceptors (Lipinski definition) is 3. The fraction of sp³-hybridized carbons (Fsp3) is 0.182. The Morgan fingerprint density at radius 2 is 2.24 bits per heavy atom. The fourth-order valence-corrected chi connectivity index (χ4v) is 1.38. The lowest BCUT2D eigenvalue weighted by molar-refractivity contribution is 0.101. The van der Waals surface area contributed by atoms with Gasteiger partial charge in [-0.1, -0.05) is 0 Å². The molecule has 0 radical (unpaired) electrons. The Morgan fingerprint density at radius 1 is 1.47 bits per heavy atom. The number of pyridine rings is 1. The molecule has 0 saturated carbocycles. The van der Waals surface area contributed by atoms with Crippen LogP contribution in [0.15, 0.2) is 24.7 Å². The second-order valence-electron chi connectivity index (χ2n) is 3.70. The van der Waals surface area contributed by atoms with E-state index >= 15 is 0 Å². The standard InChI is InChI=1S/C11H11FN4O/c1-7-3-9(12)10(13-4-7)11(17)15-8-5-14-16(2)6-8/h3-6H,1-2H3,(H,15,17). The minimum atomic E-state index is -0.633. The van der Waals surface area contributed by atoms with Gasteiger partial charge in [-0.2, -0.15) is 5.10 Å². The topological polar surface area (TPSA) is 59.8 Å². The molecule has 0 aliphatic heterocycles. The van der Waals surface area contributed by atoms with Crippen LogP contribution in [-0.2, 0) is 7.05 Å². The number of aromatic nitrogens is 3. The van der Waals surface area contributed by atoms with Gasteiger partial charge in [0, 0.05) is 19.4 Å². The molecule has 1 amide bonds. The average molecular weight is 234 g/mol. The van der Waals surface area contributed by atoms with Gasteiger partial charge in [0.1, 0.15) is 0 Å². The number of carbonyl (C=O) groups is 1. The van der Waals surface area contributed by atoms with Crippen molar-refractivity contribution in [1.82, 2.24) is 14.8 Å². The molecular weight excluding hydrogens is 223 g/mol. The van der Waals surface area contributed by atoms with E-state index in [1.165, 1.54) is 23.1 Å². The third kappa shape index (κ3) is 2.47. The summed E-state index contributed by atoms with van der Waals surface area (Å²) in [5.74, 6) is -1.22. The number of aryl methyl sites for hydroxylation is 2. The van der Waals surface area contributed by atoms with Crippen molar-refractivity contribution in [2.75, 3.05) is 5.32 Å². The number of amides is 1. The van der Waals surface area contributed by atoms with Crippen LogP contribution in [0.4, 0.5) is 10.1 Å². The summed E-state index contributed by atoms with van der Waals surface area (Å²) in [6.07, 6.45) is 4.54. The van der Waals surface area contributed by atoms with Gasteiger partial charge in [-0.3, -0.25) is 9.48 Å². The molecule has 0 unspecified atom stereocenters. The molecule has 0 aliphatic rings. The van der Waals surface area contributed by atoms with Gasteiger partial charge in [-0.25, -0.2) is 9.37 Å². The minimum Gasteiger partial charge on any atom is -0.318 e. The highest BCUT2D eigenvalue weighted by Crippen LogP contribution is 2.10. The van der Waals surface area contributed by atoms with Crippen LogP contribution < -0.4 is 5.32 Å². The van der Waals surface area contributed by atoms with Crippen LogP contribution in [-0.4, -0.2) is 20.7 Å². The smallest absolute Gasteiger partial charge is 0.277 e. The van der Waals surface area contributed by atoms with E-state index in [-0.39, 0.29) is 5.69 Å². The zero-order chi connectivity index (χ0) is 12.4. The van der Waals surface area contributed by atoms with E-state index in [9.17, 15) is 9.18 Å². The van der Waals surface area contributed by atoms with Gasteiger partial charge >= 0.3 is 0 Å². The van der Waals surface area contributed by atoms with Gasteiger partial charge < -0.3 is 5.32 Å². The van der Waals surface area contributed by atoms with Crippen molar-refractivity contribution in [1.29, 1.82) is 0 Å². The molecule has 5 nitrogen and oxygen atoms in total. The molecular formula is C11H11FN4O. The highest BCUT2D eigenvalue weighted by Gasteiger charge is 2.14. The monoisotopic (exact) mass is 234 g/mol. The van der Waals surface area contributed by atoms with Crippen molar-refractivity contribution in [2.24, 2.45) is 7.05 Å². The number of rotatable bonds is 2. The van der Waals surface area contributed by atoms with Gasteiger partial charge in [0.05, 0.1) is 11.9 Å². The van der Waals surface area contributed by atoms with E-state index in [0.717, 1.165) is 0 Å². The van der Waals surface area contributed by atoms with E-state index in [2.05, 4.69) is 15.4 Å². The predicted octanol–water partition coefficient (Wildman–Crippen LogP) is 1.51. The lowest BCUT2D eigenvalue weighted by Crippen LogP contribution is -2.15. The van der Waals surface area contributed by atoms with Gasteiger partial charge in [0.2, 0.25) is 0 Å². The van der Waals surface area contributed by atoms with Crippen molar-refractivity contribution < 1.29 is 9.18 Å². The molecule has 2 heterocycles. The lowest BCUT2D eigenvalue weighted by Gasteiger charge is -2.03. The molecule has 0 spiro atoms. The molecule has 1 N–H and O–H groups in total. The van der Waals surface area contributed by atoms with Crippen LogP contribution in [0.25, 0.3) is 0 Å². The average Bonchev–Trinajstić information content (AvgIpc) is 2.63. The minimum absolute atomic E-state index is 0.223. The van der Waals surface area contributed by atoms with E-state index in [1.54, 1.807) is 20.2 Å². The SMILES string of the molecule is Cc1cnc(C(=O)Nc2cnn(C)c2)c(F)c1. The molecule has 0 fully saturated rings. The van der Waals surface area contributed by atoms with E-state index in [1.807, 2.05) is 0 Å². The predicted molar refractivity (Wildman–Crippen MR) is 60.1 cm³/mol. The van der Waals surface area contributed by atoms with Crippen molar-refractivity contribution in [3.05, 3.63) is 41.7 Å². The molecule has 88 valence electrons. The summed E-state index contributed by atoms with van der Waals surface area (Å²) in [5, 5.41) is 6.40. The van der Waals surface area contributed by atoms with Gasteiger partial charge in [0.25, 0.3) is 5.91 Å². The number of nitrogens with one attached hydrogen (secondary N) is 1.